The second kappa shape index (κ2) is 5.92. The van der Waals surface area contributed by atoms with Crippen molar-refractivity contribution in [3.63, 3.8) is 0 Å². The van der Waals surface area contributed by atoms with Crippen LogP contribution < -0.4 is 5.32 Å². The van der Waals surface area contributed by atoms with Gasteiger partial charge >= 0.3 is 0 Å². The van der Waals surface area contributed by atoms with E-state index in [-0.39, 0.29) is 0 Å². The van der Waals surface area contributed by atoms with Crippen LogP contribution in [0.5, 0.6) is 0 Å². The molecule has 1 N–H and O–H groups in total. The molecule has 2 aromatic heterocycles. The van der Waals surface area contributed by atoms with E-state index in [2.05, 4.69) is 38.8 Å². The summed E-state index contributed by atoms with van der Waals surface area (Å²) in [6, 6.07) is 0. The van der Waals surface area contributed by atoms with Gasteiger partial charge in [-0.15, -0.1) is 5.10 Å². The second-order valence-electron chi connectivity index (χ2n) is 4.21. The van der Waals surface area contributed by atoms with E-state index < -0.39 is 0 Å². The van der Waals surface area contributed by atoms with Crippen molar-refractivity contribution in [2.24, 2.45) is 7.05 Å². The fourth-order valence-electron chi connectivity index (χ4n) is 1.71. The van der Waals surface area contributed by atoms with Crippen molar-refractivity contribution in [2.75, 3.05) is 18.9 Å². The number of rotatable bonds is 6. The molecule has 0 atom stereocenters. The van der Waals surface area contributed by atoms with Crippen molar-refractivity contribution in [3.05, 3.63) is 23.9 Å². The molecule has 0 radical (unpaired) electrons. The van der Waals surface area contributed by atoms with Crippen LogP contribution in [-0.2, 0) is 20.1 Å². The minimum Gasteiger partial charge on any atom is -0.374 e. The molecule has 0 fully saturated rings. The van der Waals surface area contributed by atoms with Gasteiger partial charge in [0.05, 0.1) is 6.54 Å². The highest BCUT2D eigenvalue weighted by atomic mass is 32.1. The molecule has 18 heavy (non-hydrogen) atoms. The predicted molar refractivity (Wildman–Crippen MR) is 72.5 cm³/mol. The molecule has 0 unspecified atom stereocenters. The van der Waals surface area contributed by atoms with Gasteiger partial charge in [-0.3, -0.25) is 4.90 Å². The molecule has 6 nitrogen and oxygen atoms in total. The highest BCUT2D eigenvalue weighted by Crippen LogP contribution is 2.19. The first-order valence-electron chi connectivity index (χ1n) is 5.90. The van der Waals surface area contributed by atoms with Crippen LogP contribution in [0.2, 0.25) is 0 Å². The van der Waals surface area contributed by atoms with E-state index in [0.717, 1.165) is 36.2 Å². The Morgan fingerprint density at radius 2 is 2.28 bits per heavy atom. The number of hydrogen-bond donors (Lipinski definition) is 1. The quantitative estimate of drug-likeness (QED) is 0.855. The normalized spacial score (nSPS) is 11.1. The molecule has 98 valence electrons. The Morgan fingerprint density at radius 1 is 1.44 bits per heavy atom. The van der Waals surface area contributed by atoms with Gasteiger partial charge in [-0.1, -0.05) is 4.49 Å². The van der Waals surface area contributed by atoms with Crippen molar-refractivity contribution in [1.29, 1.82) is 0 Å². The first-order chi connectivity index (χ1) is 8.70. The summed E-state index contributed by atoms with van der Waals surface area (Å²) in [5, 5.41) is 8.50. The van der Waals surface area contributed by atoms with Crippen LogP contribution in [0.4, 0.5) is 5.00 Å². The van der Waals surface area contributed by atoms with Crippen LogP contribution in [0.3, 0.4) is 0 Å². The molecule has 0 aliphatic rings. The maximum atomic E-state index is 4.32. The number of aryl methyl sites for hydroxylation is 1. The third-order valence-corrected chi connectivity index (χ3v) is 3.37. The summed E-state index contributed by atoms with van der Waals surface area (Å²) in [7, 11) is 4.06. The van der Waals surface area contributed by atoms with Gasteiger partial charge in [0.25, 0.3) is 0 Å². The van der Waals surface area contributed by atoms with E-state index in [1.165, 1.54) is 11.5 Å². The summed E-state index contributed by atoms with van der Waals surface area (Å²) < 4.78 is 6.02. The zero-order valence-electron chi connectivity index (χ0n) is 10.9. The highest BCUT2D eigenvalue weighted by Gasteiger charge is 2.11. The van der Waals surface area contributed by atoms with Gasteiger partial charge in [-0.05, 0) is 14.0 Å². The summed E-state index contributed by atoms with van der Waals surface area (Å²) in [6.07, 6.45) is 3.77. The molecule has 0 aromatic carbocycles. The summed E-state index contributed by atoms with van der Waals surface area (Å²) in [4.78, 5) is 6.50. The van der Waals surface area contributed by atoms with Gasteiger partial charge in [0, 0.05) is 44.1 Å². The van der Waals surface area contributed by atoms with Crippen LogP contribution in [0, 0.1) is 0 Å². The van der Waals surface area contributed by atoms with Crippen molar-refractivity contribution in [2.45, 2.75) is 20.0 Å². The van der Waals surface area contributed by atoms with Gasteiger partial charge in [-0.2, -0.15) is 0 Å². The average Bonchev–Trinajstić information content (AvgIpc) is 2.91. The summed E-state index contributed by atoms with van der Waals surface area (Å²) in [5.41, 5.74) is 0.999. The van der Waals surface area contributed by atoms with E-state index in [9.17, 15) is 0 Å². The van der Waals surface area contributed by atoms with E-state index in [1.54, 1.807) is 0 Å². The Balaban J connectivity index is 1.96. The molecule has 0 spiro atoms. The molecular weight excluding hydrogens is 248 g/mol. The molecule has 0 saturated heterocycles. The van der Waals surface area contributed by atoms with Gasteiger partial charge in [0.2, 0.25) is 0 Å². The molecule has 2 rings (SSSR count). The Labute approximate surface area is 111 Å². The average molecular weight is 266 g/mol. The van der Waals surface area contributed by atoms with E-state index >= 15 is 0 Å². The molecule has 0 aliphatic heterocycles. The van der Waals surface area contributed by atoms with Crippen molar-refractivity contribution >= 4 is 16.5 Å². The first kappa shape index (κ1) is 13.0. The number of nitrogens with one attached hydrogen (secondary N) is 1. The van der Waals surface area contributed by atoms with Crippen LogP contribution in [0.15, 0.2) is 12.4 Å². The highest BCUT2D eigenvalue weighted by molar-refractivity contribution is 7.10. The summed E-state index contributed by atoms with van der Waals surface area (Å²) >= 11 is 1.41. The molecule has 2 aromatic rings. The molecular formula is C11H18N6S. The van der Waals surface area contributed by atoms with E-state index in [1.807, 2.05) is 24.0 Å². The third kappa shape index (κ3) is 3.05. The minimum absolute atomic E-state index is 0.770. The SMILES string of the molecule is CCNc1snnc1CN(C)Cc1nccn1C. The Kier molecular flexibility index (Phi) is 4.27. The zero-order chi connectivity index (χ0) is 13.0. The summed E-state index contributed by atoms with van der Waals surface area (Å²) in [5.74, 6) is 1.05. The number of imidazole rings is 1. The lowest BCUT2D eigenvalue weighted by atomic mass is 10.4. The maximum absolute atomic E-state index is 4.32. The van der Waals surface area contributed by atoms with Crippen LogP contribution in [0.1, 0.15) is 18.4 Å². The Bertz CT molecular complexity index is 491. The van der Waals surface area contributed by atoms with E-state index in [0.29, 0.717) is 0 Å². The lowest BCUT2D eigenvalue weighted by Crippen LogP contribution is -2.20. The number of anilines is 1. The fraction of sp³-hybridized carbons (Fsp3) is 0.545. The van der Waals surface area contributed by atoms with Crippen LogP contribution in [-0.4, -0.2) is 37.6 Å². The van der Waals surface area contributed by atoms with Gasteiger partial charge in [0.1, 0.15) is 16.5 Å². The summed E-state index contributed by atoms with van der Waals surface area (Å²) in [6.45, 7) is 4.53. The molecule has 2 heterocycles. The molecule has 0 saturated carbocycles. The lowest BCUT2D eigenvalue weighted by molar-refractivity contribution is 0.303. The Morgan fingerprint density at radius 3 is 2.94 bits per heavy atom. The Hall–Kier alpha value is -1.47. The van der Waals surface area contributed by atoms with Crippen molar-refractivity contribution in [3.8, 4) is 0 Å². The van der Waals surface area contributed by atoms with Gasteiger partial charge < -0.3 is 9.88 Å². The number of hydrogen-bond acceptors (Lipinski definition) is 6. The van der Waals surface area contributed by atoms with Crippen molar-refractivity contribution in [1.82, 2.24) is 24.0 Å². The van der Waals surface area contributed by atoms with Crippen molar-refractivity contribution < 1.29 is 0 Å². The first-order valence-corrected chi connectivity index (χ1v) is 6.68. The van der Waals surface area contributed by atoms with Gasteiger partial charge in [0.15, 0.2) is 0 Å². The standard InChI is InChI=1S/C11H18N6S/c1-4-12-11-9(14-15-18-11)7-16(2)8-10-13-5-6-17(10)3/h5-6,12H,4,7-8H2,1-3H3. The number of nitrogens with zero attached hydrogens (tertiary/aromatic N) is 5. The molecule has 0 aliphatic carbocycles. The second-order valence-corrected chi connectivity index (χ2v) is 4.96. The maximum Gasteiger partial charge on any atom is 0.134 e. The molecule has 7 heteroatoms. The van der Waals surface area contributed by atoms with Crippen LogP contribution in [0.25, 0.3) is 0 Å². The van der Waals surface area contributed by atoms with E-state index in [4.69, 9.17) is 0 Å². The number of aromatic nitrogens is 4. The fourth-order valence-corrected chi connectivity index (χ4v) is 2.35. The monoisotopic (exact) mass is 266 g/mol. The smallest absolute Gasteiger partial charge is 0.134 e. The minimum atomic E-state index is 0.770. The molecule has 0 amide bonds. The lowest BCUT2D eigenvalue weighted by Gasteiger charge is -2.15. The van der Waals surface area contributed by atoms with Crippen LogP contribution >= 0.6 is 11.5 Å². The van der Waals surface area contributed by atoms with Gasteiger partial charge in [-0.25, -0.2) is 4.98 Å². The topological polar surface area (TPSA) is 58.9 Å². The largest absolute Gasteiger partial charge is 0.374 e. The third-order valence-electron chi connectivity index (χ3n) is 2.65. The molecule has 0 bridgehead atoms. The predicted octanol–water partition coefficient (Wildman–Crippen LogP) is 1.34. The zero-order valence-corrected chi connectivity index (χ0v) is 11.7.